The van der Waals surface area contributed by atoms with Crippen molar-refractivity contribution in [2.75, 3.05) is 6.54 Å². The molecule has 1 fully saturated rings. The highest BCUT2D eigenvalue weighted by atomic mass is 79.9. The summed E-state index contributed by atoms with van der Waals surface area (Å²) in [5.74, 6) is -1.09. The minimum atomic E-state index is -3.76. The monoisotopic (exact) mass is 333 g/mol. The van der Waals surface area contributed by atoms with E-state index >= 15 is 0 Å². The first-order valence-corrected chi connectivity index (χ1v) is 7.67. The molecule has 0 aliphatic carbocycles. The fraction of sp³-hybridized carbons (Fsp3) is 0.364. The SMILES string of the molecule is O=C(O)[C@H]1CCCN1S(=O)(=O)c1ccccc1Br. The summed E-state index contributed by atoms with van der Waals surface area (Å²) < 4.78 is 26.3. The van der Waals surface area contributed by atoms with E-state index in [4.69, 9.17) is 5.11 Å². The largest absolute Gasteiger partial charge is 0.480 e. The van der Waals surface area contributed by atoms with Crippen molar-refractivity contribution in [2.45, 2.75) is 23.8 Å². The van der Waals surface area contributed by atoms with E-state index in [2.05, 4.69) is 15.9 Å². The van der Waals surface area contributed by atoms with Crippen LogP contribution in [0.5, 0.6) is 0 Å². The molecule has 18 heavy (non-hydrogen) atoms. The predicted molar refractivity (Wildman–Crippen MR) is 68.7 cm³/mol. The number of hydrogen-bond acceptors (Lipinski definition) is 3. The molecule has 2 rings (SSSR count). The third-order valence-electron chi connectivity index (χ3n) is 2.91. The number of aliphatic carboxylic acids is 1. The van der Waals surface area contributed by atoms with Crippen molar-refractivity contribution in [3.05, 3.63) is 28.7 Å². The Bertz CT molecular complexity index is 572. The summed E-state index contributed by atoms with van der Waals surface area (Å²) in [5, 5.41) is 9.05. The molecule has 98 valence electrons. The normalized spacial score (nSPS) is 21.1. The summed E-state index contributed by atoms with van der Waals surface area (Å²) in [6.07, 6.45) is 0.930. The summed E-state index contributed by atoms with van der Waals surface area (Å²) in [7, 11) is -3.76. The fourth-order valence-electron chi connectivity index (χ4n) is 2.05. The number of carboxylic acids is 1. The lowest BCUT2D eigenvalue weighted by Gasteiger charge is -2.21. The topological polar surface area (TPSA) is 74.7 Å². The summed E-state index contributed by atoms with van der Waals surface area (Å²) in [6.45, 7) is 0.251. The first-order chi connectivity index (χ1) is 8.44. The van der Waals surface area contributed by atoms with Crippen molar-refractivity contribution in [1.82, 2.24) is 4.31 Å². The smallest absolute Gasteiger partial charge is 0.322 e. The number of nitrogens with zero attached hydrogens (tertiary/aromatic N) is 1. The Balaban J connectivity index is 2.43. The molecule has 1 aromatic carbocycles. The van der Waals surface area contributed by atoms with Crippen LogP contribution in [0, 0.1) is 0 Å². The summed E-state index contributed by atoms with van der Waals surface area (Å²) >= 11 is 3.18. The van der Waals surface area contributed by atoms with Crippen LogP contribution in [0.15, 0.2) is 33.6 Å². The average Bonchev–Trinajstić information content (AvgIpc) is 2.78. The van der Waals surface area contributed by atoms with Gasteiger partial charge in [-0.2, -0.15) is 4.31 Å². The molecular formula is C11H12BrNO4S. The van der Waals surface area contributed by atoms with Gasteiger partial charge in [0.1, 0.15) is 6.04 Å². The molecule has 1 atom stereocenters. The van der Waals surface area contributed by atoms with Crippen molar-refractivity contribution in [1.29, 1.82) is 0 Å². The van der Waals surface area contributed by atoms with Gasteiger partial charge in [-0.1, -0.05) is 12.1 Å². The van der Waals surface area contributed by atoms with E-state index in [0.29, 0.717) is 17.3 Å². The minimum absolute atomic E-state index is 0.109. The number of hydrogen-bond donors (Lipinski definition) is 1. The van der Waals surface area contributed by atoms with Gasteiger partial charge in [0.05, 0.1) is 4.90 Å². The van der Waals surface area contributed by atoms with Crippen LogP contribution in [0.25, 0.3) is 0 Å². The Kier molecular flexibility index (Phi) is 3.74. The zero-order chi connectivity index (χ0) is 13.3. The molecule has 0 spiro atoms. The maximum absolute atomic E-state index is 12.4. The van der Waals surface area contributed by atoms with Crippen LogP contribution in [-0.4, -0.2) is 36.4 Å². The Morgan fingerprint density at radius 3 is 2.67 bits per heavy atom. The summed E-state index contributed by atoms with van der Waals surface area (Å²) in [4.78, 5) is 11.2. The van der Waals surface area contributed by atoms with Crippen molar-refractivity contribution in [3.63, 3.8) is 0 Å². The molecule has 1 aromatic rings. The summed E-state index contributed by atoms with van der Waals surface area (Å²) in [5.41, 5.74) is 0. The first-order valence-electron chi connectivity index (χ1n) is 5.44. The van der Waals surface area contributed by atoms with Crippen LogP contribution < -0.4 is 0 Å². The Labute approximate surface area is 114 Å². The van der Waals surface area contributed by atoms with Gasteiger partial charge in [0.25, 0.3) is 0 Å². The molecule has 1 heterocycles. The van der Waals surface area contributed by atoms with Gasteiger partial charge >= 0.3 is 5.97 Å². The Hall–Kier alpha value is -0.920. The minimum Gasteiger partial charge on any atom is -0.480 e. The number of benzene rings is 1. The zero-order valence-corrected chi connectivity index (χ0v) is 11.8. The lowest BCUT2D eigenvalue weighted by atomic mass is 10.2. The molecule has 0 radical (unpaired) electrons. The van der Waals surface area contributed by atoms with E-state index in [-0.39, 0.29) is 11.4 Å². The van der Waals surface area contributed by atoms with Crippen LogP contribution >= 0.6 is 15.9 Å². The number of rotatable bonds is 3. The van der Waals surface area contributed by atoms with Gasteiger partial charge in [0, 0.05) is 11.0 Å². The molecule has 0 aromatic heterocycles. The third kappa shape index (κ3) is 2.30. The van der Waals surface area contributed by atoms with E-state index < -0.39 is 22.0 Å². The van der Waals surface area contributed by atoms with Gasteiger partial charge in [-0.25, -0.2) is 8.42 Å². The lowest BCUT2D eigenvalue weighted by Crippen LogP contribution is -2.40. The predicted octanol–water partition coefficient (Wildman–Crippen LogP) is 1.69. The highest BCUT2D eigenvalue weighted by Gasteiger charge is 2.39. The van der Waals surface area contributed by atoms with Gasteiger partial charge in [0.15, 0.2) is 0 Å². The number of carboxylic acid groups (broad SMARTS) is 1. The van der Waals surface area contributed by atoms with E-state index in [9.17, 15) is 13.2 Å². The Morgan fingerprint density at radius 2 is 2.06 bits per heavy atom. The maximum Gasteiger partial charge on any atom is 0.322 e. The molecule has 1 aliphatic heterocycles. The van der Waals surface area contributed by atoms with E-state index in [0.717, 1.165) is 4.31 Å². The highest BCUT2D eigenvalue weighted by molar-refractivity contribution is 9.10. The second-order valence-corrected chi connectivity index (χ2v) is 6.76. The molecule has 1 aliphatic rings. The van der Waals surface area contributed by atoms with Crippen molar-refractivity contribution < 1.29 is 18.3 Å². The van der Waals surface area contributed by atoms with E-state index in [1.54, 1.807) is 18.2 Å². The second-order valence-electron chi connectivity index (χ2n) is 4.04. The molecule has 0 saturated carbocycles. The molecule has 5 nitrogen and oxygen atoms in total. The molecule has 1 N–H and O–H groups in total. The third-order valence-corrected chi connectivity index (χ3v) is 5.83. The number of sulfonamides is 1. The Morgan fingerprint density at radius 1 is 1.39 bits per heavy atom. The quantitative estimate of drug-likeness (QED) is 0.913. The molecule has 7 heteroatoms. The van der Waals surface area contributed by atoms with Crippen molar-refractivity contribution >= 4 is 31.9 Å². The van der Waals surface area contributed by atoms with Gasteiger partial charge in [-0.15, -0.1) is 0 Å². The van der Waals surface area contributed by atoms with Gasteiger partial charge < -0.3 is 5.11 Å². The zero-order valence-electron chi connectivity index (χ0n) is 9.41. The molecule has 0 unspecified atom stereocenters. The second kappa shape index (κ2) is 4.99. The lowest BCUT2D eigenvalue weighted by molar-refractivity contribution is -0.140. The van der Waals surface area contributed by atoms with Crippen LogP contribution in [0.3, 0.4) is 0 Å². The van der Waals surface area contributed by atoms with Crippen LogP contribution in [0.2, 0.25) is 0 Å². The van der Waals surface area contributed by atoms with E-state index in [1.165, 1.54) is 6.07 Å². The fourth-order valence-corrected chi connectivity index (χ4v) is 4.67. The average molecular weight is 334 g/mol. The first kappa shape index (κ1) is 13.5. The van der Waals surface area contributed by atoms with Crippen LogP contribution in [-0.2, 0) is 14.8 Å². The molecule has 0 bridgehead atoms. The van der Waals surface area contributed by atoms with Crippen molar-refractivity contribution in [2.24, 2.45) is 0 Å². The molecule has 1 saturated heterocycles. The number of halogens is 1. The standard InChI is InChI=1S/C11H12BrNO4S/c12-8-4-1-2-6-10(8)18(16,17)13-7-3-5-9(13)11(14)15/h1-2,4,6,9H,3,5,7H2,(H,14,15)/t9-/m1/s1. The van der Waals surface area contributed by atoms with E-state index in [1.807, 2.05) is 0 Å². The highest BCUT2D eigenvalue weighted by Crippen LogP contribution is 2.30. The van der Waals surface area contributed by atoms with Crippen molar-refractivity contribution in [3.8, 4) is 0 Å². The molecular weight excluding hydrogens is 322 g/mol. The maximum atomic E-state index is 12.4. The van der Waals surface area contributed by atoms with Crippen LogP contribution in [0.1, 0.15) is 12.8 Å². The van der Waals surface area contributed by atoms with Gasteiger partial charge in [0.2, 0.25) is 10.0 Å². The van der Waals surface area contributed by atoms with Gasteiger partial charge in [-0.05, 0) is 40.9 Å². The van der Waals surface area contributed by atoms with Gasteiger partial charge in [-0.3, -0.25) is 4.79 Å². The summed E-state index contributed by atoms with van der Waals surface area (Å²) in [6, 6.07) is 5.46. The molecule has 0 amide bonds. The number of carbonyl (C=O) groups is 1. The van der Waals surface area contributed by atoms with Crippen LogP contribution in [0.4, 0.5) is 0 Å².